The third-order valence-corrected chi connectivity index (χ3v) is 6.34. The fourth-order valence-corrected chi connectivity index (χ4v) is 4.89. The zero-order valence-electron chi connectivity index (χ0n) is 16.3. The van der Waals surface area contributed by atoms with Crippen molar-refractivity contribution in [3.05, 3.63) is 60.2 Å². The molecule has 27 heavy (non-hydrogen) atoms. The molecule has 4 heterocycles. The third-order valence-electron chi connectivity index (χ3n) is 6.34. The number of hydrogen-bond donors (Lipinski definition) is 0. The summed E-state index contributed by atoms with van der Waals surface area (Å²) < 4.78 is 5.61. The Balaban J connectivity index is 1.38. The van der Waals surface area contributed by atoms with E-state index >= 15 is 0 Å². The normalized spacial score (nSPS) is 23.1. The van der Waals surface area contributed by atoms with Gasteiger partial charge in [0.05, 0.1) is 12.3 Å². The zero-order chi connectivity index (χ0) is 18.5. The van der Waals surface area contributed by atoms with E-state index in [9.17, 15) is 0 Å². The van der Waals surface area contributed by atoms with Crippen LogP contribution in [0.2, 0.25) is 0 Å². The Kier molecular flexibility index (Phi) is 5.81. The second-order valence-corrected chi connectivity index (χ2v) is 8.14. The minimum Gasteiger partial charge on any atom is -0.384 e. The van der Waals surface area contributed by atoms with Gasteiger partial charge in [-0.05, 0) is 55.1 Å². The Bertz CT molecular complexity index is 701. The van der Waals surface area contributed by atoms with Gasteiger partial charge >= 0.3 is 0 Å². The van der Waals surface area contributed by atoms with Gasteiger partial charge in [0.15, 0.2) is 0 Å². The van der Waals surface area contributed by atoms with Crippen molar-refractivity contribution in [1.82, 2.24) is 19.8 Å². The monoisotopic (exact) mass is 366 g/mol. The molecular weight excluding hydrogens is 336 g/mol. The molecule has 0 radical (unpaired) electrons. The number of nitrogens with zero attached hydrogens (tertiary/aromatic N) is 4. The van der Waals surface area contributed by atoms with E-state index in [1.807, 2.05) is 37.8 Å². The Labute approximate surface area is 162 Å². The molecule has 0 bridgehead atoms. The molecule has 2 aromatic rings. The Morgan fingerprint density at radius 1 is 1.07 bits per heavy atom. The fourth-order valence-electron chi connectivity index (χ4n) is 4.89. The van der Waals surface area contributed by atoms with Gasteiger partial charge in [-0.2, -0.15) is 0 Å². The molecule has 144 valence electrons. The number of pyridine rings is 2. The molecule has 2 aromatic heterocycles. The van der Waals surface area contributed by atoms with Crippen molar-refractivity contribution in [3.8, 4) is 0 Å². The Morgan fingerprint density at radius 3 is 2.67 bits per heavy atom. The van der Waals surface area contributed by atoms with Crippen LogP contribution in [0.3, 0.4) is 0 Å². The summed E-state index contributed by atoms with van der Waals surface area (Å²) in [7, 11) is 1.84. The number of methoxy groups -OCH3 is 1. The first-order chi connectivity index (χ1) is 13.3. The lowest BCUT2D eigenvalue weighted by Crippen LogP contribution is -2.44. The van der Waals surface area contributed by atoms with Crippen molar-refractivity contribution in [2.24, 2.45) is 11.3 Å². The molecule has 0 N–H and O–H groups in total. The van der Waals surface area contributed by atoms with Crippen LogP contribution in [-0.4, -0.2) is 59.7 Å². The van der Waals surface area contributed by atoms with Crippen LogP contribution in [0.15, 0.2) is 48.9 Å². The van der Waals surface area contributed by atoms with Gasteiger partial charge in [-0.1, -0.05) is 12.1 Å². The van der Waals surface area contributed by atoms with Crippen LogP contribution < -0.4 is 0 Å². The summed E-state index contributed by atoms with van der Waals surface area (Å²) in [6.45, 7) is 7.42. The standard InChI is InChI=1S/C22H30N4O/c1-27-17-20-15-26(16-21-6-2-3-10-24-21)18-22(20)7-11-25(12-8-22)14-19-5-4-9-23-13-19/h2-6,9-10,13,20H,7-8,11-12,14-18H2,1H3. The molecule has 2 fully saturated rings. The molecule has 1 unspecified atom stereocenters. The number of rotatable bonds is 6. The highest BCUT2D eigenvalue weighted by molar-refractivity contribution is 5.09. The smallest absolute Gasteiger partial charge is 0.0543 e. The molecule has 1 spiro atoms. The van der Waals surface area contributed by atoms with Gasteiger partial charge in [-0.25, -0.2) is 0 Å². The van der Waals surface area contributed by atoms with Crippen LogP contribution in [0.4, 0.5) is 0 Å². The lowest BCUT2D eigenvalue weighted by atomic mass is 9.71. The van der Waals surface area contributed by atoms with E-state index in [0.717, 1.165) is 39.3 Å². The topological polar surface area (TPSA) is 41.5 Å². The van der Waals surface area contributed by atoms with Crippen LogP contribution >= 0.6 is 0 Å². The molecule has 2 saturated heterocycles. The van der Waals surface area contributed by atoms with Crippen LogP contribution in [0, 0.1) is 11.3 Å². The van der Waals surface area contributed by atoms with Gasteiger partial charge in [0.2, 0.25) is 0 Å². The molecule has 4 rings (SSSR count). The highest BCUT2D eigenvalue weighted by atomic mass is 16.5. The number of hydrogen-bond acceptors (Lipinski definition) is 5. The van der Waals surface area contributed by atoms with Gasteiger partial charge in [-0.15, -0.1) is 0 Å². The molecule has 2 aliphatic heterocycles. The first-order valence-electron chi connectivity index (χ1n) is 10.00. The number of likely N-dealkylation sites (tertiary alicyclic amines) is 2. The first kappa shape index (κ1) is 18.5. The van der Waals surface area contributed by atoms with Crippen LogP contribution in [0.25, 0.3) is 0 Å². The van der Waals surface area contributed by atoms with Crippen LogP contribution in [0.5, 0.6) is 0 Å². The average molecular weight is 367 g/mol. The predicted octanol–water partition coefficient (Wildman–Crippen LogP) is 2.84. The van der Waals surface area contributed by atoms with E-state index in [4.69, 9.17) is 4.74 Å². The third kappa shape index (κ3) is 4.37. The molecule has 0 amide bonds. The van der Waals surface area contributed by atoms with Crippen LogP contribution in [-0.2, 0) is 17.8 Å². The minimum atomic E-state index is 0.385. The maximum atomic E-state index is 5.61. The summed E-state index contributed by atoms with van der Waals surface area (Å²) >= 11 is 0. The van der Waals surface area contributed by atoms with Crippen LogP contribution in [0.1, 0.15) is 24.1 Å². The lowest BCUT2D eigenvalue weighted by Gasteiger charge is -2.42. The number of aromatic nitrogens is 2. The summed E-state index contributed by atoms with van der Waals surface area (Å²) in [5.74, 6) is 0.617. The fraction of sp³-hybridized carbons (Fsp3) is 0.545. The highest BCUT2D eigenvalue weighted by Crippen LogP contribution is 2.45. The second kappa shape index (κ2) is 8.46. The van der Waals surface area contributed by atoms with E-state index < -0.39 is 0 Å². The molecular formula is C22H30N4O. The molecule has 1 atom stereocenters. The van der Waals surface area contributed by atoms with Crippen molar-refractivity contribution in [3.63, 3.8) is 0 Å². The molecule has 0 aliphatic carbocycles. The van der Waals surface area contributed by atoms with Gasteiger partial charge < -0.3 is 4.74 Å². The summed E-state index contributed by atoms with van der Waals surface area (Å²) in [5, 5.41) is 0. The van der Waals surface area contributed by atoms with E-state index in [2.05, 4.69) is 38.0 Å². The van der Waals surface area contributed by atoms with Gasteiger partial charge in [0, 0.05) is 57.8 Å². The predicted molar refractivity (Wildman–Crippen MR) is 106 cm³/mol. The second-order valence-electron chi connectivity index (χ2n) is 8.14. The molecule has 0 saturated carbocycles. The van der Waals surface area contributed by atoms with Gasteiger partial charge in [-0.3, -0.25) is 19.8 Å². The summed E-state index contributed by atoms with van der Waals surface area (Å²) in [6, 6.07) is 10.4. The van der Waals surface area contributed by atoms with E-state index in [1.165, 1.54) is 30.6 Å². The van der Waals surface area contributed by atoms with E-state index in [0.29, 0.717) is 11.3 Å². The van der Waals surface area contributed by atoms with E-state index in [1.54, 1.807) is 0 Å². The van der Waals surface area contributed by atoms with E-state index in [-0.39, 0.29) is 0 Å². The number of ether oxygens (including phenoxy) is 1. The maximum Gasteiger partial charge on any atom is 0.0543 e. The number of piperidine rings is 1. The molecule has 5 nitrogen and oxygen atoms in total. The highest BCUT2D eigenvalue weighted by Gasteiger charge is 2.47. The SMILES string of the molecule is COCC1CN(Cc2ccccn2)CC12CCN(Cc1cccnc1)CC2. The molecule has 0 aromatic carbocycles. The minimum absolute atomic E-state index is 0.385. The zero-order valence-corrected chi connectivity index (χ0v) is 16.3. The first-order valence-corrected chi connectivity index (χ1v) is 10.00. The van der Waals surface area contributed by atoms with Gasteiger partial charge in [0.1, 0.15) is 0 Å². The summed E-state index contributed by atoms with van der Waals surface area (Å²) in [4.78, 5) is 13.9. The van der Waals surface area contributed by atoms with Crippen molar-refractivity contribution in [2.75, 3.05) is 39.9 Å². The summed E-state index contributed by atoms with van der Waals surface area (Å²) in [6.07, 6.45) is 8.23. The molecule has 5 heteroatoms. The average Bonchev–Trinajstić information content (AvgIpc) is 3.02. The van der Waals surface area contributed by atoms with Crippen molar-refractivity contribution >= 4 is 0 Å². The Morgan fingerprint density at radius 2 is 1.96 bits per heavy atom. The van der Waals surface area contributed by atoms with Crippen molar-refractivity contribution in [2.45, 2.75) is 25.9 Å². The Hall–Kier alpha value is -1.82. The van der Waals surface area contributed by atoms with Gasteiger partial charge in [0.25, 0.3) is 0 Å². The van der Waals surface area contributed by atoms with Crippen molar-refractivity contribution < 1.29 is 4.74 Å². The van der Waals surface area contributed by atoms with Crippen molar-refractivity contribution in [1.29, 1.82) is 0 Å². The quantitative estimate of drug-likeness (QED) is 0.786. The summed E-state index contributed by atoms with van der Waals surface area (Å²) in [5.41, 5.74) is 2.86. The maximum absolute atomic E-state index is 5.61. The largest absolute Gasteiger partial charge is 0.384 e. The lowest BCUT2D eigenvalue weighted by molar-refractivity contribution is 0.0350. The molecule has 2 aliphatic rings.